The summed E-state index contributed by atoms with van der Waals surface area (Å²) in [5.74, 6) is 1.04. The Kier molecular flexibility index (Phi) is 7.20. The smallest absolute Gasteiger partial charge is 0.328 e. The molecule has 10 heteroatoms. The SMILES string of the molecule is COC[C@@H](C)Oc1cc(NC(=O)N2CCCc3cc(CO)c(C=O)nc32)ncc1Cl. The second-order valence-electron chi connectivity index (χ2n) is 6.86. The fraction of sp³-hybridized carbons (Fsp3) is 0.400. The Balaban J connectivity index is 1.81. The first-order chi connectivity index (χ1) is 14.5. The van der Waals surface area contributed by atoms with E-state index in [0.29, 0.717) is 48.0 Å². The summed E-state index contributed by atoms with van der Waals surface area (Å²) in [6, 6.07) is 2.81. The van der Waals surface area contributed by atoms with Gasteiger partial charge in [0.05, 0.1) is 19.4 Å². The van der Waals surface area contributed by atoms with Gasteiger partial charge >= 0.3 is 6.03 Å². The molecule has 9 nitrogen and oxygen atoms in total. The molecule has 0 saturated heterocycles. The molecule has 2 N–H and O–H groups in total. The van der Waals surface area contributed by atoms with Crippen LogP contribution in [0.25, 0.3) is 0 Å². The number of ether oxygens (including phenoxy) is 2. The molecule has 0 fully saturated rings. The third kappa shape index (κ3) is 4.86. The molecule has 0 aliphatic carbocycles. The van der Waals surface area contributed by atoms with Gasteiger partial charge in [-0.3, -0.25) is 15.0 Å². The van der Waals surface area contributed by atoms with Crippen molar-refractivity contribution >= 4 is 35.6 Å². The van der Waals surface area contributed by atoms with E-state index in [1.807, 2.05) is 6.92 Å². The van der Waals surface area contributed by atoms with E-state index in [2.05, 4.69) is 15.3 Å². The number of aromatic nitrogens is 2. The Labute approximate surface area is 179 Å². The van der Waals surface area contributed by atoms with Crippen molar-refractivity contribution in [2.45, 2.75) is 32.5 Å². The summed E-state index contributed by atoms with van der Waals surface area (Å²) in [7, 11) is 1.57. The Bertz CT molecular complexity index is 940. The lowest BCUT2D eigenvalue weighted by Crippen LogP contribution is -2.39. The number of aliphatic hydroxyl groups excluding tert-OH is 1. The van der Waals surface area contributed by atoms with Gasteiger partial charge in [-0.25, -0.2) is 14.8 Å². The van der Waals surface area contributed by atoms with E-state index in [9.17, 15) is 14.7 Å². The molecular weight excluding hydrogens is 412 g/mol. The number of hydrogen-bond donors (Lipinski definition) is 2. The number of aliphatic hydroxyl groups is 1. The van der Waals surface area contributed by atoms with E-state index < -0.39 is 6.03 Å². The number of rotatable bonds is 7. The highest BCUT2D eigenvalue weighted by molar-refractivity contribution is 6.32. The minimum Gasteiger partial charge on any atom is -0.487 e. The lowest BCUT2D eigenvalue weighted by atomic mass is 10.0. The molecule has 2 aromatic rings. The van der Waals surface area contributed by atoms with Gasteiger partial charge in [-0.05, 0) is 31.4 Å². The van der Waals surface area contributed by atoms with Crippen molar-refractivity contribution in [2.75, 3.05) is 30.5 Å². The number of carbonyl (C=O) groups excluding carboxylic acids is 2. The van der Waals surface area contributed by atoms with Crippen LogP contribution in [-0.2, 0) is 17.8 Å². The summed E-state index contributed by atoms with van der Waals surface area (Å²) >= 11 is 6.14. The minimum atomic E-state index is -0.442. The summed E-state index contributed by atoms with van der Waals surface area (Å²) in [5, 5.41) is 12.5. The van der Waals surface area contributed by atoms with Crippen LogP contribution in [0.2, 0.25) is 5.02 Å². The first-order valence-corrected chi connectivity index (χ1v) is 9.83. The van der Waals surface area contributed by atoms with E-state index in [4.69, 9.17) is 21.1 Å². The third-order valence-corrected chi connectivity index (χ3v) is 4.87. The molecule has 0 bridgehead atoms. The largest absolute Gasteiger partial charge is 0.487 e. The van der Waals surface area contributed by atoms with Crippen molar-refractivity contribution in [3.63, 3.8) is 0 Å². The molecule has 2 amide bonds. The van der Waals surface area contributed by atoms with Crippen molar-refractivity contribution < 1.29 is 24.2 Å². The van der Waals surface area contributed by atoms with Gasteiger partial charge in [0, 0.05) is 25.3 Å². The van der Waals surface area contributed by atoms with Crippen molar-refractivity contribution in [3.8, 4) is 5.75 Å². The Hall–Kier alpha value is -2.75. The summed E-state index contributed by atoms with van der Waals surface area (Å²) < 4.78 is 10.8. The number of urea groups is 1. The van der Waals surface area contributed by atoms with Gasteiger partial charge in [0.2, 0.25) is 0 Å². The van der Waals surface area contributed by atoms with E-state index in [1.165, 1.54) is 17.2 Å². The number of nitrogens with zero attached hydrogens (tertiary/aromatic N) is 3. The van der Waals surface area contributed by atoms with Gasteiger partial charge in [0.1, 0.15) is 34.2 Å². The van der Waals surface area contributed by atoms with Crippen LogP contribution in [0, 0.1) is 0 Å². The second kappa shape index (κ2) is 9.84. The van der Waals surface area contributed by atoms with E-state index in [0.717, 1.165) is 12.0 Å². The van der Waals surface area contributed by atoms with E-state index in [1.54, 1.807) is 13.2 Å². The number of methoxy groups -OCH3 is 1. The van der Waals surface area contributed by atoms with E-state index in [-0.39, 0.29) is 24.2 Å². The number of halogens is 1. The predicted octanol–water partition coefficient (Wildman–Crippen LogP) is 2.83. The standard InChI is InChI=1S/C20H23ClN4O5/c1-12(11-29-2)30-17-7-18(22-8-15(17)21)24-20(28)25-5-3-4-13-6-14(9-26)16(10-27)23-19(13)25/h6-8,10,12,26H,3-5,9,11H2,1-2H3,(H,22,24,28)/t12-/m1/s1. The first kappa shape index (κ1) is 21.9. The molecule has 1 atom stereocenters. The number of fused-ring (bicyclic) bond motifs is 1. The fourth-order valence-electron chi connectivity index (χ4n) is 3.23. The maximum Gasteiger partial charge on any atom is 0.328 e. The number of amides is 2. The number of carbonyl (C=O) groups is 2. The van der Waals surface area contributed by atoms with Crippen molar-refractivity contribution in [1.29, 1.82) is 0 Å². The Morgan fingerprint density at radius 2 is 2.27 bits per heavy atom. The normalized spacial score (nSPS) is 14.1. The number of hydrogen-bond acceptors (Lipinski definition) is 7. The molecule has 0 saturated carbocycles. The van der Waals surface area contributed by atoms with Crippen molar-refractivity contribution in [3.05, 3.63) is 40.2 Å². The molecular formula is C20H23ClN4O5. The lowest BCUT2D eigenvalue weighted by Gasteiger charge is -2.29. The van der Waals surface area contributed by atoms with Gasteiger partial charge in [-0.2, -0.15) is 0 Å². The van der Waals surface area contributed by atoms with Gasteiger partial charge in [-0.1, -0.05) is 11.6 Å². The van der Waals surface area contributed by atoms with Crippen LogP contribution in [-0.4, -0.2) is 53.8 Å². The third-order valence-electron chi connectivity index (χ3n) is 4.59. The van der Waals surface area contributed by atoms with Crippen LogP contribution < -0.4 is 15.0 Å². The van der Waals surface area contributed by atoms with Crippen LogP contribution in [0.15, 0.2) is 18.3 Å². The van der Waals surface area contributed by atoms with Crippen molar-refractivity contribution in [1.82, 2.24) is 9.97 Å². The molecule has 0 radical (unpaired) electrons. The molecule has 0 unspecified atom stereocenters. The summed E-state index contributed by atoms with van der Waals surface area (Å²) in [6.07, 6.45) is 3.16. The molecule has 0 aromatic carbocycles. The fourth-order valence-corrected chi connectivity index (χ4v) is 3.37. The highest BCUT2D eigenvalue weighted by Gasteiger charge is 2.26. The average Bonchev–Trinajstić information content (AvgIpc) is 2.74. The topological polar surface area (TPSA) is 114 Å². The Morgan fingerprint density at radius 1 is 1.47 bits per heavy atom. The van der Waals surface area contributed by atoms with Crippen LogP contribution >= 0.6 is 11.6 Å². The highest BCUT2D eigenvalue weighted by atomic mass is 35.5. The molecule has 160 valence electrons. The quantitative estimate of drug-likeness (QED) is 0.644. The van der Waals surface area contributed by atoms with Crippen LogP contribution in [0.1, 0.15) is 35.0 Å². The first-order valence-electron chi connectivity index (χ1n) is 9.45. The van der Waals surface area contributed by atoms with Gasteiger partial charge in [0.25, 0.3) is 0 Å². The zero-order valence-corrected chi connectivity index (χ0v) is 17.5. The second-order valence-corrected chi connectivity index (χ2v) is 7.27. The molecule has 3 heterocycles. The van der Waals surface area contributed by atoms with Crippen molar-refractivity contribution in [2.24, 2.45) is 0 Å². The molecule has 1 aliphatic heterocycles. The summed E-state index contributed by atoms with van der Waals surface area (Å²) in [6.45, 7) is 2.36. The van der Waals surface area contributed by atoms with Crippen LogP contribution in [0.3, 0.4) is 0 Å². The predicted molar refractivity (Wildman–Crippen MR) is 111 cm³/mol. The maximum absolute atomic E-state index is 12.9. The summed E-state index contributed by atoms with van der Waals surface area (Å²) in [5.41, 5.74) is 1.35. The molecule has 1 aliphatic rings. The number of aldehydes is 1. The summed E-state index contributed by atoms with van der Waals surface area (Å²) in [4.78, 5) is 34.1. The van der Waals surface area contributed by atoms with Gasteiger partial charge in [0.15, 0.2) is 6.29 Å². The molecule has 2 aromatic heterocycles. The average molecular weight is 435 g/mol. The number of aryl methyl sites for hydroxylation is 1. The van der Waals surface area contributed by atoms with Gasteiger partial charge < -0.3 is 14.6 Å². The van der Waals surface area contributed by atoms with Crippen LogP contribution in [0.5, 0.6) is 5.75 Å². The number of nitrogens with one attached hydrogen (secondary N) is 1. The highest BCUT2D eigenvalue weighted by Crippen LogP contribution is 2.29. The maximum atomic E-state index is 12.9. The minimum absolute atomic E-state index is 0.114. The monoisotopic (exact) mass is 434 g/mol. The Morgan fingerprint density at radius 3 is 2.97 bits per heavy atom. The van der Waals surface area contributed by atoms with Gasteiger partial charge in [-0.15, -0.1) is 0 Å². The van der Waals surface area contributed by atoms with E-state index >= 15 is 0 Å². The number of pyridine rings is 2. The van der Waals surface area contributed by atoms with Crippen LogP contribution in [0.4, 0.5) is 16.4 Å². The molecule has 0 spiro atoms. The molecule has 30 heavy (non-hydrogen) atoms. The molecule has 3 rings (SSSR count). The number of anilines is 2. The zero-order chi connectivity index (χ0) is 21.7. The zero-order valence-electron chi connectivity index (χ0n) is 16.7. The lowest BCUT2D eigenvalue weighted by molar-refractivity contribution is 0.0921.